The summed E-state index contributed by atoms with van der Waals surface area (Å²) in [6, 6.07) is 9.49. The number of piperidine rings is 1. The Bertz CT molecular complexity index is 681. The number of hydrogen-bond donors (Lipinski definition) is 1. The van der Waals surface area contributed by atoms with E-state index in [0.717, 1.165) is 5.69 Å². The Morgan fingerprint density at radius 2 is 1.78 bits per heavy atom. The lowest BCUT2D eigenvalue weighted by molar-refractivity contribution is -0.139. The average Bonchev–Trinajstić information content (AvgIpc) is 3.08. The summed E-state index contributed by atoms with van der Waals surface area (Å²) in [5, 5.41) is 2.99. The van der Waals surface area contributed by atoms with E-state index < -0.39 is 0 Å². The zero-order chi connectivity index (χ0) is 19.4. The maximum Gasteiger partial charge on any atom is 0.228 e. The summed E-state index contributed by atoms with van der Waals surface area (Å²) >= 11 is 0. The topological polar surface area (TPSA) is 69.7 Å². The van der Waals surface area contributed by atoms with Gasteiger partial charge in [-0.1, -0.05) is 32.0 Å². The van der Waals surface area contributed by atoms with Gasteiger partial charge in [-0.2, -0.15) is 0 Å². The van der Waals surface area contributed by atoms with Crippen molar-refractivity contribution in [2.45, 2.75) is 33.1 Å². The fourth-order valence-corrected chi connectivity index (χ4v) is 3.80. The summed E-state index contributed by atoms with van der Waals surface area (Å²) in [5.41, 5.74) is 0.846. The van der Waals surface area contributed by atoms with Gasteiger partial charge >= 0.3 is 0 Å². The zero-order valence-electron chi connectivity index (χ0n) is 16.2. The standard InChI is InChI=1S/C21H29N3O3/c1-15(2)13-22-20(26)16-8-10-23(11-9-16)21(27)17-12-19(25)24(14-17)18-6-4-3-5-7-18/h3-7,15-17H,8-14H2,1-2H3,(H,22,26)/t17-/m1/s1. The number of carbonyl (C=O) groups excluding carboxylic acids is 3. The number of carbonyl (C=O) groups is 3. The van der Waals surface area contributed by atoms with E-state index in [-0.39, 0.29) is 36.0 Å². The van der Waals surface area contributed by atoms with Crippen LogP contribution in [0.4, 0.5) is 5.69 Å². The smallest absolute Gasteiger partial charge is 0.228 e. The quantitative estimate of drug-likeness (QED) is 0.861. The first-order valence-corrected chi connectivity index (χ1v) is 9.87. The number of amides is 3. The van der Waals surface area contributed by atoms with Crippen molar-refractivity contribution >= 4 is 23.4 Å². The molecule has 6 heteroatoms. The van der Waals surface area contributed by atoms with Gasteiger partial charge in [-0.05, 0) is 30.9 Å². The predicted octanol–water partition coefficient (Wildman–Crippen LogP) is 2.05. The van der Waals surface area contributed by atoms with Crippen LogP contribution < -0.4 is 10.2 Å². The molecule has 1 N–H and O–H groups in total. The molecule has 27 heavy (non-hydrogen) atoms. The summed E-state index contributed by atoms with van der Waals surface area (Å²) in [7, 11) is 0. The van der Waals surface area contributed by atoms with E-state index in [2.05, 4.69) is 19.2 Å². The summed E-state index contributed by atoms with van der Waals surface area (Å²) in [4.78, 5) is 41.0. The Morgan fingerprint density at radius 1 is 1.11 bits per heavy atom. The minimum absolute atomic E-state index is 0.00231. The molecule has 2 aliphatic rings. The van der Waals surface area contributed by atoms with Crippen LogP contribution in [-0.2, 0) is 14.4 Å². The molecule has 1 aromatic rings. The molecular weight excluding hydrogens is 342 g/mol. The third kappa shape index (κ3) is 4.67. The van der Waals surface area contributed by atoms with Crippen LogP contribution in [0.5, 0.6) is 0 Å². The van der Waals surface area contributed by atoms with Crippen LogP contribution >= 0.6 is 0 Å². The first-order valence-electron chi connectivity index (χ1n) is 9.87. The third-order valence-electron chi connectivity index (χ3n) is 5.40. The van der Waals surface area contributed by atoms with Crippen LogP contribution in [0.2, 0.25) is 0 Å². The Kier molecular flexibility index (Phi) is 6.14. The first kappa shape index (κ1) is 19.4. The van der Waals surface area contributed by atoms with E-state index in [9.17, 15) is 14.4 Å². The Hall–Kier alpha value is -2.37. The Labute approximate surface area is 160 Å². The molecule has 2 saturated heterocycles. The van der Waals surface area contributed by atoms with Crippen molar-refractivity contribution in [1.29, 1.82) is 0 Å². The van der Waals surface area contributed by atoms with E-state index in [1.807, 2.05) is 35.2 Å². The second kappa shape index (κ2) is 8.55. The van der Waals surface area contributed by atoms with Crippen molar-refractivity contribution in [2.24, 2.45) is 17.8 Å². The number of para-hydroxylation sites is 1. The molecule has 0 aliphatic carbocycles. The molecule has 0 aromatic heterocycles. The van der Waals surface area contributed by atoms with Crippen molar-refractivity contribution < 1.29 is 14.4 Å². The molecular formula is C21H29N3O3. The molecule has 2 aliphatic heterocycles. The predicted molar refractivity (Wildman–Crippen MR) is 104 cm³/mol. The number of nitrogens with zero attached hydrogens (tertiary/aromatic N) is 2. The monoisotopic (exact) mass is 371 g/mol. The lowest BCUT2D eigenvalue weighted by atomic mass is 9.94. The van der Waals surface area contributed by atoms with Crippen LogP contribution in [-0.4, -0.2) is 48.8 Å². The molecule has 0 saturated carbocycles. The number of anilines is 1. The van der Waals surface area contributed by atoms with Crippen molar-refractivity contribution in [3.05, 3.63) is 30.3 Å². The Morgan fingerprint density at radius 3 is 2.41 bits per heavy atom. The largest absolute Gasteiger partial charge is 0.356 e. The van der Waals surface area contributed by atoms with Gasteiger partial charge in [-0.3, -0.25) is 14.4 Å². The molecule has 2 heterocycles. The maximum atomic E-state index is 12.9. The van der Waals surface area contributed by atoms with Gasteiger partial charge in [0.25, 0.3) is 0 Å². The molecule has 3 rings (SSSR count). The lowest BCUT2D eigenvalue weighted by Crippen LogP contribution is -2.45. The number of likely N-dealkylation sites (tertiary alicyclic amines) is 1. The van der Waals surface area contributed by atoms with Crippen molar-refractivity contribution in [3.8, 4) is 0 Å². The second-order valence-corrected chi connectivity index (χ2v) is 7.98. The second-order valence-electron chi connectivity index (χ2n) is 7.98. The van der Waals surface area contributed by atoms with Crippen LogP contribution in [0, 0.1) is 17.8 Å². The molecule has 0 radical (unpaired) electrons. The highest BCUT2D eigenvalue weighted by Crippen LogP contribution is 2.27. The van der Waals surface area contributed by atoms with Crippen LogP contribution in [0.15, 0.2) is 30.3 Å². The van der Waals surface area contributed by atoms with Gasteiger partial charge in [0.15, 0.2) is 0 Å². The summed E-state index contributed by atoms with van der Waals surface area (Å²) in [6.07, 6.45) is 1.65. The van der Waals surface area contributed by atoms with E-state index >= 15 is 0 Å². The number of benzene rings is 1. The minimum Gasteiger partial charge on any atom is -0.356 e. The normalized spacial score (nSPS) is 21.0. The molecule has 1 atom stereocenters. The Balaban J connectivity index is 1.51. The van der Waals surface area contributed by atoms with Gasteiger partial charge in [0.2, 0.25) is 17.7 Å². The van der Waals surface area contributed by atoms with E-state index in [0.29, 0.717) is 44.9 Å². The van der Waals surface area contributed by atoms with Crippen LogP contribution in [0.1, 0.15) is 33.1 Å². The van der Waals surface area contributed by atoms with Crippen LogP contribution in [0.25, 0.3) is 0 Å². The highest BCUT2D eigenvalue weighted by molar-refractivity contribution is 6.00. The SMILES string of the molecule is CC(C)CNC(=O)C1CCN(C(=O)[C@@H]2CC(=O)N(c3ccccc3)C2)CC1. The third-order valence-corrected chi connectivity index (χ3v) is 5.40. The molecule has 0 unspecified atom stereocenters. The van der Waals surface area contributed by atoms with E-state index in [1.165, 1.54) is 0 Å². The maximum absolute atomic E-state index is 12.9. The molecule has 3 amide bonds. The summed E-state index contributed by atoms with van der Waals surface area (Å²) < 4.78 is 0. The first-order chi connectivity index (χ1) is 13.0. The highest BCUT2D eigenvalue weighted by atomic mass is 16.2. The van der Waals surface area contributed by atoms with Gasteiger partial charge in [0.1, 0.15) is 0 Å². The van der Waals surface area contributed by atoms with E-state index in [4.69, 9.17) is 0 Å². The highest BCUT2D eigenvalue weighted by Gasteiger charge is 2.38. The van der Waals surface area contributed by atoms with Crippen LogP contribution in [0.3, 0.4) is 0 Å². The minimum atomic E-state index is -0.288. The summed E-state index contributed by atoms with van der Waals surface area (Å²) in [6.45, 7) is 6.46. The summed E-state index contributed by atoms with van der Waals surface area (Å²) in [5.74, 6) is 0.276. The number of hydrogen-bond acceptors (Lipinski definition) is 3. The van der Waals surface area contributed by atoms with E-state index in [1.54, 1.807) is 4.90 Å². The van der Waals surface area contributed by atoms with Crippen molar-refractivity contribution in [3.63, 3.8) is 0 Å². The number of nitrogens with one attached hydrogen (secondary N) is 1. The lowest BCUT2D eigenvalue weighted by Gasteiger charge is -2.33. The van der Waals surface area contributed by atoms with Gasteiger partial charge in [0.05, 0.1) is 5.92 Å². The zero-order valence-corrected chi connectivity index (χ0v) is 16.2. The molecule has 1 aromatic carbocycles. The van der Waals surface area contributed by atoms with Crippen molar-refractivity contribution in [2.75, 3.05) is 31.1 Å². The van der Waals surface area contributed by atoms with Gasteiger partial charge < -0.3 is 15.1 Å². The fourth-order valence-electron chi connectivity index (χ4n) is 3.80. The fraction of sp³-hybridized carbons (Fsp3) is 0.571. The molecule has 0 bridgehead atoms. The van der Waals surface area contributed by atoms with Gasteiger partial charge in [0, 0.05) is 44.2 Å². The van der Waals surface area contributed by atoms with Gasteiger partial charge in [-0.25, -0.2) is 0 Å². The molecule has 0 spiro atoms. The molecule has 6 nitrogen and oxygen atoms in total. The molecule has 2 fully saturated rings. The van der Waals surface area contributed by atoms with Crippen molar-refractivity contribution in [1.82, 2.24) is 10.2 Å². The molecule has 146 valence electrons. The average molecular weight is 371 g/mol. The van der Waals surface area contributed by atoms with Gasteiger partial charge in [-0.15, -0.1) is 0 Å². The number of rotatable bonds is 5.